The zero-order chi connectivity index (χ0) is 23.9. The quantitative estimate of drug-likeness (QED) is 0.265. The molecular formula is C25H30FN3O4S. The van der Waals surface area contributed by atoms with Crippen molar-refractivity contribution in [2.75, 3.05) is 33.7 Å². The summed E-state index contributed by atoms with van der Waals surface area (Å²) in [5, 5.41) is 9.90. The zero-order valence-electron chi connectivity index (χ0n) is 19.8. The van der Waals surface area contributed by atoms with Gasteiger partial charge in [0.1, 0.15) is 0 Å². The molecule has 0 aliphatic heterocycles. The second-order valence-electron chi connectivity index (χ2n) is 8.01. The van der Waals surface area contributed by atoms with E-state index in [9.17, 15) is 4.39 Å². The molecule has 0 amide bonds. The highest BCUT2D eigenvalue weighted by Crippen LogP contribution is 2.43. The van der Waals surface area contributed by atoms with E-state index in [0.717, 1.165) is 29.4 Å². The second kappa shape index (κ2) is 11.5. The standard InChI is InChI=1S/C25H30FN3O4S/c1-30-21-15-17(16-22(31-2)23(21)32-3)24-27-28-25(29(24)18-9-5-4-6-10-18)34-14-13-33-20-12-8-7-11-19(20)26/h7-8,11-12,15-16,18H,4-6,9-10,13-14H2,1-3H3. The number of methoxy groups -OCH3 is 3. The lowest BCUT2D eigenvalue weighted by molar-refractivity contribution is 0.323. The van der Waals surface area contributed by atoms with Crippen LogP contribution < -0.4 is 18.9 Å². The number of ether oxygens (including phenoxy) is 4. The van der Waals surface area contributed by atoms with E-state index in [1.54, 1.807) is 51.3 Å². The van der Waals surface area contributed by atoms with Gasteiger partial charge in [0.2, 0.25) is 5.75 Å². The van der Waals surface area contributed by atoms with Crippen LogP contribution in [0.3, 0.4) is 0 Å². The van der Waals surface area contributed by atoms with E-state index < -0.39 is 0 Å². The Kier molecular flexibility index (Phi) is 8.16. The first kappa shape index (κ1) is 24.2. The second-order valence-corrected chi connectivity index (χ2v) is 9.07. The Bertz CT molecular complexity index is 1080. The van der Waals surface area contributed by atoms with Crippen LogP contribution in [0.4, 0.5) is 4.39 Å². The van der Waals surface area contributed by atoms with Crippen LogP contribution in [0.1, 0.15) is 38.1 Å². The van der Waals surface area contributed by atoms with E-state index in [0.29, 0.717) is 35.7 Å². The molecule has 9 heteroatoms. The van der Waals surface area contributed by atoms with Crippen LogP contribution in [-0.2, 0) is 0 Å². The molecular weight excluding hydrogens is 457 g/mol. The average Bonchev–Trinajstić information content (AvgIpc) is 3.31. The number of para-hydroxylation sites is 1. The van der Waals surface area contributed by atoms with Crippen molar-refractivity contribution in [2.24, 2.45) is 0 Å². The predicted molar refractivity (Wildman–Crippen MR) is 130 cm³/mol. The largest absolute Gasteiger partial charge is 0.493 e. The van der Waals surface area contributed by atoms with Crippen LogP contribution in [-0.4, -0.2) is 48.5 Å². The number of hydrogen-bond acceptors (Lipinski definition) is 7. The first-order valence-electron chi connectivity index (χ1n) is 11.4. The third-order valence-corrected chi connectivity index (χ3v) is 6.84. The number of halogens is 1. The van der Waals surface area contributed by atoms with Gasteiger partial charge in [-0.25, -0.2) is 4.39 Å². The van der Waals surface area contributed by atoms with Gasteiger partial charge in [0.05, 0.1) is 27.9 Å². The fourth-order valence-corrected chi connectivity index (χ4v) is 5.12. The first-order chi connectivity index (χ1) is 16.7. The number of aromatic nitrogens is 3. The summed E-state index contributed by atoms with van der Waals surface area (Å²) in [6, 6.07) is 10.6. The van der Waals surface area contributed by atoms with Crippen molar-refractivity contribution >= 4 is 11.8 Å². The molecule has 1 fully saturated rings. The summed E-state index contributed by atoms with van der Waals surface area (Å²) in [6.07, 6.45) is 5.76. The molecule has 0 atom stereocenters. The van der Waals surface area contributed by atoms with Crippen molar-refractivity contribution in [3.05, 3.63) is 42.2 Å². The van der Waals surface area contributed by atoms with E-state index in [2.05, 4.69) is 14.8 Å². The van der Waals surface area contributed by atoms with Crippen molar-refractivity contribution in [1.82, 2.24) is 14.8 Å². The fourth-order valence-electron chi connectivity index (χ4n) is 4.30. The van der Waals surface area contributed by atoms with Gasteiger partial charge in [-0.05, 0) is 37.1 Å². The topological polar surface area (TPSA) is 67.6 Å². The number of hydrogen-bond donors (Lipinski definition) is 0. The van der Waals surface area contributed by atoms with Gasteiger partial charge in [0.25, 0.3) is 0 Å². The zero-order valence-corrected chi connectivity index (χ0v) is 20.6. The van der Waals surface area contributed by atoms with Crippen molar-refractivity contribution < 1.29 is 23.3 Å². The molecule has 1 aromatic heterocycles. The minimum atomic E-state index is -0.359. The van der Waals surface area contributed by atoms with Crippen LogP contribution in [0.15, 0.2) is 41.6 Å². The average molecular weight is 488 g/mol. The first-order valence-corrected chi connectivity index (χ1v) is 12.4. The van der Waals surface area contributed by atoms with Crippen molar-refractivity contribution in [3.8, 4) is 34.4 Å². The SMILES string of the molecule is COc1cc(-c2nnc(SCCOc3ccccc3F)n2C2CCCCC2)cc(OC)c1OC. The predicted octanol–water partition coefficient (Wildman–Crippen LogP) is 5.79. The molecule has 1 heterocycles. The molecule has 182 valence electrons. The smallest absolute Gasteiger partial charge is 0.203 e. The van der Waals surface area contributed by atoms with Crippen molar-refractivity contribution in [1.29, 1.82) is 0 Å². The molecule has 0 radical (unpaired) electrons. The minimum Gasteiger partial charge on any atom is -0.493 e. The summed E-state index contributed by atoms with van der Waals surface area (Å²) < 4.78 is 38.3. The minimum absolute atomic E-state index is 0.259. The molecule has 7 nitrogen and oxygen atoms in total. The van der Waals surface area contributed by atoms with Crippen LogP contribution in [0.2, 0.25) is 0 Å². The van der Waals surface area contributed by atoms with Gasteiger partial charge in [-0.2, -0.15) is 0 Å². The molecule has 0 saturated heterocycles. The Hall–Kier alpha value is -2.94. The normalized spacial score (nSPS) is 14.1. The highest BCUT2D eigenvalue weighted by atomic mass is 32.2. The summed E-state index contributed by atoms with van der Waals surface area (Å²) >= 11 is 1.56. The molecule has 0 bridgehead atoms. The maximum atomic E-state index is 13.8. The summed E-state index contributed by atoms with van der Waals surface area (Å²) in [4.78, 5) is 0. The Morgan fingerprint density at radius 1 is 0.941 bits per heavy atom. The molecule has 4 rings (SSSR count). The highest BCUT2D eigenvalue weighted by Gasteiger charge is 2.25. The van der Waals surface area contributed by atoms with E-state index in [1.165, 1.54) is 25.3 Å². The molecule has 1 aliphatic carbocycles. The van der Waals surface area contributed by atoms with Crippen LogP contribution in [0.25, 0.3) is 11.4 Å². The summed E-state index contributed by atoms with van der Waals surface area (Å²) in [6.45, 7) is 0.364. The van der Waals surface area contributed by atoms with Crippen molar-refractivity contribution in [2.45, 2.75) is 43.3 Å². The summed E-state index contributed by atoms with van der Waals surface area (Å²) in [5.41, 5.74) is 0.849. The number of nitrogens with zero attached hydrogens (tertiary/aromatic N) is 3. The summed E-state index contributed by atoms with van der Waals surface area (Å²) in [5.74, 6) is 2.97. The van der Waals surface area contributed by atoms with Gasteiger partial charge >= 0.3 is 0 Å². The van der Waals surface area contributed by atoms with Gasteiger partial charge < -0.3 is 18.9 Å². The van der Waals surface area contributed by atoms with Gasteiger partial charge in [-0.3, -0.25) is 4.57 Å². The Morgan fingerprint density at radius 2 is 1.65 bits per heavy atom. The summed E-state index contributed by atoms with van der Waals surface area (Å²) in [7, 11) is 4.79. The van der Waals surface area contributed by atoms with E-state index >= 15 is 0 Å². The van der Waals surface area contributed by atoms with E-state index in [4.69, 9.17) is 18.9 Å². The third kappa shape index (κ3) is 5.24. The van der Waals surface area contributed by atoms with Gasteiger partial charge in [0, 0.05) is 17.4 Å². The molecule has 0 unspecified atom stereocenters. The fraction of sp³-hybridized carbons (Fsp3) is 0.440. The number of rotatable bonds is 10. The Labute approximate surface area is 203 Å². The Morgan fingerprint density at radius 3 is 2.29 bits per heavy atom. The van der Waals surface area contributed by atoms with Crippen LogP contribution in [0, 0.1) is 5.82 Å². The molecule has 34 heavy (non-hydrogen) atoms. The van der Waals surface area contributed by atoms with Gasteiger partial charge in [-0.1, -0.05) is 43.2 Å². The van der Waals surface area contributed by atoms with E-state index in [1.807, 2.05) is 12.1 Å². The molecule has 1 saturated carbocycles. The monoisotopic (exact) mass is 487 g/mol. The molecule has 0 N–H and O–H groups in total. The number of benzene rings is 2. The molecule has 2 aromatic carbocycles. The lowest BCUT2D eigenvalue weighted by atomic mass is 9.95. The Balaban J connectivity index is 1.60. The maximum Gasteiger partial charge on any atom is 0.203 e. The lowest BCUT2D eigenvalue weighted by Gasteiger charge is -2.26. The molecule has 1 aliphatic rings. The maximum absolute atomic E-state index is 13.8. The molecule has 3 aromatic rings. The third-order valence-electron chi connectivity index (χ3n) is 5.94. The van der Waals surface area contributed by atoms with Gasteiger partial charge in [-0.15, -0.1) is 10.2 Å². The number of thioether (sulfide) groups is 1. The van der Waals surface area contributed by atoms with Crippen LogP contribution >= 0.6 is 11.8 Å². The molecule has 0 spiro atoms. The van der Waals surface area contributed by atoms with E-state index in [-0.39, 0.29) is 11.6 Å². The van der Waals surface area contributed by atoms with Crippen molar-refractivity contribution in [3.63, 3.8) is 0 Å². The van der Waals surface area contributed by atoms with Crippen LogP contribution in [0.5, 0.6) is 23.0 Å². The highest BCUT2D eigenvalue weighted by molar-refractivity contribution is 7.99. The lowest BCUT2D eigenvalue weighted by Crippen LogP contribution is -2.15. The van der Waals surface area contributed by atoms with Gasteiger partial charge in [0.15, 0.2) is 34.0 Å².